The van der Waals surface area contributed by atoms with Gasteiger partial charge in [0.25, 0.3) is 0 Å². The molecule has 0 heterocycles. The molecule has 1 fully saturated rings. The normalized spacial score (nSPS) is 14.4. The zero-order chi connectivity index (χ0) is 12.3. The van der Waals surface area contributed by atoms with Gasteiger partial charge in [0.1, 0.15) is 11.3 Å². The van der Waals surface area contributed by atoms with E-state index in [0.717, 1.165) is 12.3 Å². The van der Waals surface area contributed by atoms with Crippen molar-refractivity contribution in [1.82, 2.24) is 0 Å². The summed E-state index contributed by atoms with van der Waals surface area (Å²) in [7, 11) is 1.51. The zero-order valence-electron chi connectivity index (χ0n) is 9.94. The lowest BCUT2D eigenvalue weighted by atomic mass is 10.1. The summed E-state index contributed by atoms with van der Waals surface area (Å²) in [4.78, 5) is 11.9. The van der Waals surface area contributed by atoms with E-state index in [1.807, 2.05) is 0 Å². The monoisotopic (exact) mass is 235 g/mol. The summed E-state index contributed by atoms with van der Waals surface area (Å²) in [5.74, 6) is 0.805. The minimum atomic E-state index is -0.402. The smallest absolute Gasteiger partial charge is 0.344 e. The number of rotatable bonds is 5. The van der Waals surface area contributed by atoms with Crippen molar-refractivity contribution in [2.75, 3.05) is 19.5 Å². The van der Waals surface area contributed by atoms with Gasteiger partial charge in [-0.25, -0.2) is 4.79 Å². The summed E-state index contributed by atoms with van der Waals surface area (Å²) in [5, 5.41) is 0. The number of carbonyl (C=O) groups excluding carboxylic acids is 1. The Kier molecular flexibility index (Phi) is 3.52. The Labute approximate surface area is 101 Å². The van der Waals surface area contributed by atoms with Crippen LogP contribution in [0, 0.1) is 5.92 Å². The number of ether oxygens (including phenoxy) is 2. The highest BCUT2D eigenvalue weighted by atomic mass is 16.5. The predicted octanol–water partition coefficient (Wildman–Crippen LogP) is 2.23. The predicted molar refractivity (Wildman–Crippen MR) is 65.0 cm³/mol. The van der Waals surface area contributed by atoms with E-state index < -0.39 is 5.97 Å². The topological polar surface area (TPSA) is 61.5 Å². The standard InChI is InChI=1S/C13H17NO3/c1-16-11-4-2-3-10(14)12(11)13(15)17-8-7-9-5-6-9/h2-4,9H,5-8,14H2,1H3. The number of nitrogen functional groups attached to an aromatic ring is 1. The third-order valence-electron chi connectivity index (χ3n) is 2.94. The van der Waals surface area contributed by atoms with Crippen LogP contribution in [0.5, 0.6) is 5.75 Å². The van der Waals surface area contributed by atoms with Crippen LogP contribution in [0.4, 0.5) is 5.69 Å². The van der Waals surface area contributed by atoms with E-state index in [1.54, 1.807) is 18.2 Å². The fourth-order valence-corrected chi connectivity index (χ4v) is 1.73. The van der Waals surface area contributed by atoms with Gasteiger partial charge >= 0.3 is 5.97 Å². The first kappa shape index (κ1) is 11.8. The van der Waals surface area contributed by atoms with Crippen LogP contribution < -0.4 is 10.5 Å². The molecular formula is C13H17NO3. The first-order chi connectivity index (χ1) is 8.22. The van der Waals surface area contributed by atoms with Gasteiger partial charge in [-0.2, -0.15) is 0 Å². The van der Waals surface area contributed by atoms with Crippen LogP contribution in [-0.2, 0) is 4.74 Å². The molecule has 1 aromatic carbocycles. The number of esters is 1. The van der Waals surface area contributed by atoms with Gasteiger partial charge < -0.3 is 15.2 Å². The maximum Gasteiger partial charge on any atom is 0.344 e. The van der Waals surface area contributed by atoms with Crippen molar-refractivity contribution in [3.63, 3.8) is 0 Å². The largest absolute Gasteiger partial charge is 0.496 e. The third kappa shape index (κ3) is 2.90. The van der Waals surface area contributed by atoms with Gasteiger partial charge in [0.15, 0.2) is 0 Å². The number of carbonyl (C=O) groups is 1. The maximum absolute atomic E-state index is 11.9. The molecule has 0 unspecified atom stereocenters. The quantitative estimate of drug-likeness (QED) is 0.628. The molecule has 0 spiro atoms. The molecule has 1 aliphatic rings. The zero-order valence-corrected chi connectivity index (χ0v) is 9.94. The van der Waals surface area contributed by atoms with Crippen LogP contribution in [0.1, 0.15) is 29.6 Å². The van der Waals surface area contributed by atoms with Crippen LogP contribution in [0.25, 0.3) is 0 Å². The van der Waals surface area contributed by atoms with E-state index >= 15 is 0 Å². The first-order valence-corrected chi connectivity index (χ1v) is 5.82. The van der Waals surface area contributed by atoms with Gasteiger partial charge in [-0.15, -0.1) is 0 Å². The summed E-state index contributed by atoms with van der Waals surface area (Å²) >= 11 is 0. The highest BCUT2D eigenvalue weighted by molar-refractivity contribution is 5.98. The van der Waals surface area contributed by atoms with Crippen LogP contribution in [0.15, 0.2) is 18.2 Å². The molecule has 0 amide bonds. The Balaban J connectivity index is 2.00. The summed E-state index contributed by atoms with van der Waals surface area (Å²) in [6.45, 7) is 0.459. The fourth-order valence-electron chi connectivity index (χ4n) is 1.73. The van der Waals surface area contributed by atoms with Crippen molar-refractivity contribution in [3.8, 4) is 5.75 Å². The molecule has 4 nitrogen and oxygen atoms in total. The van der Waals surface area contributed by atoms with Gasteiger partial charge in [-0.05, 0) is 24.5 Å². The van der Waals surface area contributed by atoms with Gasteiger partial charge in [0, 0.05) is 5.69 Å². The van der Waals surface area contributed by atoms with E-state index in [-0.39, 0.29) is 0 Å². The van der Waals surface area contributed by atoms with Crippen molar-refractivity contribution in [1.29, 1.82) is 0 Å². The molecule has 1 saturated carbocycles. The Morgan fingerprint density at radius 3 is 2.88 bits per heavy atom. The van der Waals surface area contributed by atoms with E-state index in [2.05, 4.69) is 0 Å². The summed E-state index contributed by atoms with van der Waals surface area (Å²) < 4.78 is 10.3. The van der Waals surface area contributed by atoms with Gasteiger partial charge in [0.2, 0.25) is 0 Å². The van der Waals surface area contributed by atoms with Gasteiger partial charge in [0.05, 0.1) is 13.7 Å². The summed E-state index contributed by atoms with van der Waals surface area (Å²) in [6, 6.07) is 5.11. The van der Waals surface area contributed by atoms with Gasteiger partial charge in [-0.3, -0.25) is 0 Å². The summed E-state index contributed by atoms with van der Waals surface area (Å²) in [6.07, 6.45) is 3.46. The molecule has 1 aromatic rings. The Morgan fingerprint density at radius 1 is 1.47 bits per heavy atom. The third-order valence-corrected chi connectivity index (χ3v) is 2.94. The second-order valence-corrected chi connectivity index (χ2v) is 4.29. The fraction of sp³-hybridized carbons (Fsp3) is 0.462. The molecule has 17 heavy (non-hydrogen) atoms. The number of methoxy groups -OCH3 is 1. The molecule has 0 atom stereocenters. The number of nitrogens with two attached hydrogens (primary N) is 1. The molecule has 0 aromatic heterocycles. The highest BCUT2D eigenvalue weighted by Crippen LogP contribution is 2.32. The minimum Gasteiger partial charge on any atom is -0.496 e. The number of hydrogen-bond acceptors (Lipinski definition) is 4. The van der Waals surface area contributed by atoms with Crippen molar-refractivity contribution in [3.05, 3.63) is 23.8 Å². The van der Waals surface area contributed by atoms with Crippen molar-refractivity contribution < 1.29 is 14.3 Å². The molecule has 0 radical (unpaired) electrons. The molecular weight excluding hydrogens is 218 g/mol. The lowest BCUT2D eigenvalue weighted by Gasteiger charge is -2.10. The van der Waals surface area contributed by atoms with E-state index in [4.69, 9.17) is 15.2 Å². The number of anilines is 1. The minimum absolute atomic E-state index is 0.325. The lowest BCUT2D eigenvalue weighted by Crippen LogP contribution is -2.11. The first-order valence-electron chi connectivity index (χ1n) is 5.82. The second kappa shape index (κ2) is 5.08. The van der Waals surface area contributed by atoms with Crippen LogP contribution >= 0.6 is 0 Å². The molecule has 2 rings (SSSR count). The Bertz CT molecular complexity index is 413. The van der Waals surface area contributed by atoms with E-state index in [9.17, 15) is 4.79 Å². The van der Waals surface area contributed by atoms with E-state index in [1.165, 1.54) is 20.0 Å². The number of hydrogen-bond donors (Lipinski definition) is 1. The van der Waals surface area contributed by atoms with Crippen molar-refractivity contribution in [2.45, 2.75) is 19.3 Å². The van der Waals surface area contributed by atoms with Crippen LogP contribution in [-0.4, -0.2) is 19.7 Å². The molecule has 0 aliphatic heterocycles. The van der Waals surface area contributed by atoms with Crippen LogP contribution in [0.3, 0.4) is 0 Å². The molecule has 2 N–H and O–H groups in total. The van der Waals surface area contributed by atoms with E-state index in [0.29, 0.717) is 23.6 Å². The SMILES string of the molecule is COc1cccc(N)c1C(=O)OCCC1CC1. The number of benzene rings is 1. The Morgan fingerprint density at radius 2 is 2.24 bits per heavy atom. The second-order valence-electron chi connectivity index (χ2n) is 4.29. The molecule has 0 bridgehead atoms. The molecule has 0 saturated heterocycles. The Hall–Kier alpha value is -1.71. The molecule has 92 valence electrons. The lowest BCUT2D eigenvalue weighted by molar-refractivity contribution is 0.0492. The van der Waals surface area contributed by atoms with Crippen molar-refractivity contribution in [2.24, 2.45) is 5.92 Å². The van der Waals surface area contributed by atoms with Crippen LogP contribution in [0.2, 0.25) is 0 Å². The van der Waals surface area contributed by atoms with Gasteiger partial charge in [-0.1, -0.05) is 18.9 Å². The highest BCUT2D eigenvalue weighted by Gasteiger charge is 2.22. The average molecular weight is 235 g/mol. The molecule has 1 aliphatic carbocycles. The molecule has 4 heteroatoms. The average Bonchev–Trinajstić information content (AvgIpc) is 3.12. The van der Waals surface area contributed by atoms with Crippen molar-refractivity contribution >= 4 is 11.7 Å². The maximum atomic E-state index is 11.9. The summed E-state index contributed by atoms with van der Waals surface area (Å²) in [5.41, 5.74) is 6.48.